The van der Waals surface area contributed by atoms with Crippen LogP contribution in [0.3, 0.4) is 0 Å². The molecule has 2 aliphatic heterocycles. The molecular weight excluding hydrogens is 484 g/mol. The lowest BCUT2D eigenvalue weighted by Gasteiger charge is -2.61. The molecule has 8 heteroatoms. The van der Waals surface area contributed by atoms with Crippen LogP contribution in [0.1, 0.15) is 72.6 Å². The molecule has 2 amide bonds. The Bertz CT molecular complexity index is 957. The first kappa shape index (κ1) is 28.0. The number of hydrogen-bond acceptors (Lipinski definition) is 7. The van der Waals surface area contributed by atoms with E-state index in [4.69, 9.17) is 14.2 Å². The molecule has 1 N–H and O–H groups in total. The van der Waals surface area contributed by atoms with Crippen LogP contribution in [0.2, 0.25) is 0 Å². The fourth-order valence-corrected chi connectivity index (χ4v) is 9.65. The highest BCUT2D eigenvalue weighted by Crippen LogP contribution is 2.68. The minimum absolute atomic E-state index is 0.0141. The van der Waals surface area contributed by atoms with Gasteiger partial charge in [-0.3, -0.25) is 14.9 Å². The zero-order valence-electron chi connectivity index (χ0n) is 24.2. The Kier molecular flexibility index (Phi) is 7.49. The lowest BCUT2D eigenvalue weighted by Crippen LogP contribution is -2.63. The Hall–Kier alpha value is -1.51. The summed E-state index contributed by atoms with van der Waals surface area (Å²) in [6.07, 6.45) is 4.64. The Morgan fingerprint density at radius 1 is 1.08 bits per heavy atom. The number of carbonyl (C=O) groups is 3. The van der Waals surface area contributed by atoms with Crippen molar-refractivity contribution in [3.8, 4) is 0 Å². The van der Waals surface area contributed by atoms with Gasteiger partial charge in [0.1, 0.15) is 11.9 Å². The third-order valence-electron chi connectivity index (χ3n) is 12.1. The number of piperidine rings is 1. The minimum Gasteiger partial charge on any atom is -0.445 e. The summed E-state index contributed by atoms with van der Waals surface area (Å²) in [6, 6.07) is 0. The predicted octanol–water partition coefficient (Wildman–Crippen LogP) is 4.06. The number of hydrogen-bond donors (Lipinski definition) is 1. The molecule has 3 aliphatic carbocycles. The maximum Gasteiger partial charge on any atom is 0.414 e. The van der Waals surface area contributed by atoms with Gasteiger partial charge in [0.15, 0.2) is 0 Å². The molecule has 38 heavy (non-hydrogen) atoms. The molecule has 8 nitrogen and oxygen atoms in total. The predicted molar refractivity (Wildman–Crippen MR) is 142 cm³/mol. The number of Topliss-reactive ketones (excluding diaryl/α,β-unsaturated/α-hetero) is 1. The van der Waals surface area contributed by atoms with Gasteiger partial charge in [0.25, 0.3) is 0 Å². The van der Waals surface area contributed by atoms with Gasteiger partial charge in [0.2, 0.25) is 5.91 Å². The monoisotopic (exact) mass is 532 g/mol. The summed E-state index contributed by atoms with van der Waals surface area (Å²) < 4.78 is 17.8. The Morgan fingerprint density at radius 3 is 2.45 bits per heavy atom. The summed E-state index contributed by atoms with van der Waals surface area (Å²) in [4.78, 5) is 43.1. The van der Waals surface area contributed by atoms with Gasteiger partial charge < -0.3 is 19.1 Å². The second-order valence-electron chi connectivity index (χ2n) is 13.7. The number of amides is 2. The van der Waals surface area contributed by atoms with Crippen LogP contribution in [0.15, 0.2) is 0 Å². The second kappa shape index (κ2) is 10.2. The van der Waals surface area contributed by atoms with Crippen molar-refractivity contribution in [2.75, 3.05) is 40.5 Å². The number of carbonyl (C=O) groups excluding carboxylic acids is 3. The fourth-order valence-electron chi connectivity index (χ4n) is 9.65. The highest BCUT2D eigenvalue weighted by atomic mass is 16.6. The molecular formula is C30H48N2O6. The molecule has 0 spiro atoms. The van der Waals surface area contributed by atoms with E-state index < -0.39 is 23.0 Å². The van der Waals surface area contributed by atoms with Crippen LogP contribution in [0.25, 0.3) is 0 Å². The number of imide groups is 1. The van der Waals surface area contributed by atoms with Gasteiger partial charge in [0, 0.05) is 56.6 Å². The Labute approximate surface area is 227 Å². The van der Waals surface area contributed by atoms with Crippen molar-refractivity contribution in [2.45, 2.75) is 84.8 Å². The van der Waals surface area contributed by atoms with Crippen molar-refractivity contribution in [3.05, 3.63) is 0 Å². The summed E-state index contributed by atoms with van der Waals surface area (Å²) >= 11 is 0. The first-order valence-corrected chi connectivity index (χ1v) is 14.8. The highest BCUT2D eigenvalue weighted by Gasteiger charge is 2.68. The molecule has 5 aliphatic rings. The van der Waals surface area contributed by atoms with E-state index >= 15 is 0 Å². The van der Waals surface area contributed by atoms with Crippen molar-refractivity contribution < 1.29 is 28.6 Å². The van der Waals surface area contributed by atoms with E-state index in [1.54, 1.807) is 14.2 Å². The third-order valence-corrected chi connectivity index (χ3v) is 12.1. The lowest BCUT2D eigenvalue weighted by atomic mass is 9.44. The summed E-state index contributed by atoms with van der Waals surface area (Å²) in [6.45, 7) is 11.8. The van der Waals surface area contributed by atoms with Crippen LogP contribution in [0, 0.1) is 45.8 Å². The molecule has 5 fully saturated rings. The van der Waals surface area contributed by atoms with Gasteiger partial charge in [-0.2, -0.15) is 0 Å². The maximum atomic E-state index is 14.3. The molecule has 5 rings (SSSR count). The number of rotatable bonds is 6. The summed E-state index contributed by atoms with van der Waals surface area (Å²) in [5.41, 5.74) is -1.26. The number of nitrogens with zero attached hydrogens (tertiary/aromatic N) is 1. The van der Waals surface area contributed by atoms with Gasteiger partial charge in [-0.05, 0) is 68.7 Å². The highest BCUT2D eigenvalue weighted by molar-refractivity contribution is 5.93. The molecule has 214 valence electrons. The molecule has 4 bridgehead atoms. The molecule has 11 atom stereocenters. The van der Waals surface area contributed by atoms with Gasteiger partial charge in [-0.15, -0.1) is 0 Å². The average molecular weight is 533 g/mol. The molecule has 2 saturated heterocycles. The summed E-state index contributed by atoms with van der Waals surface area (Å²) in [5.74, 6) is 0.439. The van der Waals surface area contributed by atoms with Crippen molar-refractivity contribution in [3.63, 3.8) is 0 Å². The average Bonchev–Trinajstić information content (AvgIpc) is 3.63. The zero-order chi connectivity index (χ0) is 27.5. The fraction of sp³-hybridized carbons (Fsp3) is 0.900. The van der Waals surface area contributed by atoms with Crippen LogP contribution < -0.4 is 5.32 Å². The summed E-state index contributed by atoms with van der Waals surface area (Å²) in [5, 5.41) is 2.60. The molecule has 3 unspecified atom stereocenters. The first-order chi connectivity index (χ1) is 18.0. The van der Waals surface area contributed by atoms with E-state index in [1.165, 1.54) is 0 Å². The standard InChI is InChI=1S/C30H48N2O6/c1-18-7-10-30-11-8-22(37-6)24(30)29(18,4)23(15-28(3,12-14-36-5)25(33)19(30)2)38-27(35)31-26(34)21-17-32-13-9-20(21)16-32/h18-24H,7-17H2,1-6H3,(H,31,34,35)/t18-,19+,20+,21+,22-,23-,24?,28-,29+,30?/m1/s1. The quantitative estimate of drug-likeness (QED) is 0.551. The third kappa shape index (κ3) is 4.24. The van der Waals surface area contributed by atoms with Crippen LogP contribution in [0.4, 0.5) is 4.79 Å². The molecule has 2 heterocycles. The van der Waals surface area contributed by atoms with E-state index in [0.29, 0.717) is 31.9 Å². The number of fused-ring (bicyclic) bond motifs is 2. The van der Waals surface area contributed by atoms with Crippen LogP contribution in [0.5, 0.6) is 0 Å². The van der Waals surface area contributed by atoms with Gasteiger partial charge >= 0.3 is 6.09 Å². The number of alkyl carbamates (subject to hydrolysis) is 1. The number of ketones is 1. The number of ether oxygens (including phenoxy) is 3. The van der Waals surface area contributed by atoms with E-state index in [9.17, 15) is 14.4 Å². The largest absolute Gasteiger partial charge is 0.445 e. The van der Waals surface area contributed by atoms with E-state index in [1.807, 2.05) is 6.92 Å². The molecule has 0 aromatic heterocycles. The Balaban J connectivity index is 1.48. The minimum atomic E-state index is -0.691. The molecule has 3 saturated carbocycles. The van der Waals surface area contributed by atoms with Gasteiger partial charge in [-0.1, -0.05) is 27.7 Å². The maximum absolute atomic E-state index is 14.3. The summed E-state index contributed by atoms with van der Waals surface area (Å²) in [7, 11) is 3.43. The van der Waals surface area contributed by atoms with Gasteiger partial charge in [-0.25, -0.2) is 4.79 Å². The second-order valence-corrected chi connectivity index (χ2v) is 13.7. The van der Waals surface area contributed by atoms with Crippen molar-refractivity contribution in [1.29, 1.82) is 0 Å². The molecule has 0 aromatic carbocycles. The first-order valence-electron chi connectivity index (χ1n) is 14.8. The van der Waals surface area contributed by atoms with Crippen molar-refractivity contribution in [1.82, 2.24) is 10.2 Å². The van der Waals surface area contributed by atoms with Crippen molar-refractivity contribution in [2.24, 2.45) is 45.8 Å². The Morgan fingerprint density at radius 2 is 1.82 bits per heavy atom. The SMILES string of the molecule is COCC[C@]1(C)C[C@@H](OC(=O)NC(=O)[C@H]2CN3CC[C@H]2C3)[C@@]2(C)C3[C@H](OC)CCC3(CC[C@H]2C)[C@@H](C)C1=O. The van der Waals surface area contributed by atoms with E-state index in [-0.39, 0.29) is 46.9 Å². The van der Waals surface area contributed by atoms with Crippen LogP contribution >= 0.6 is 0 Å². The number of nitrogens with one attached hydrogen (secondary N) is 1. The van der Waals surface area contributed by atoms with Gasteiger partial charge in [0.05, 0.1) is 12.0 Å². The van der Waals surface area contributed by atoms with E-state index in [2.05, 4.69) is 31.0 Å². The molecule has 0 aromatic rings. The smallest absolute Gasteiger partial charge is 0.414 e. The normalized spacial score (nSPS) is 47.8. The van der Waals surface area contributed by atoms with Crippen LogP contribution in [-0.4, -0.2) is 75.4 Å². The van der Waals surface area contributed by atoms with Crippen molar-refractivity contribution >= 4 is 17.8 Å². The topological polar surface area (TPSA) is 94.2 Å². The number of methoxy groups -OCH3 is 2. The lowest BCUT2D eigenvalue weighted by molar-refractivity contribution is -0.193. The van der Waals surface area contributed by atoms with E-state index in [0.717, 1.165) is 45.2 Å². The zero-order valence-corrected chi connectivity index (χ0v) is 24.2. The van der Waals surface area contributed by atoms with Crippen LogP contribution in [-0.2, 0) is 23.8 Å². The molecule has 0 radical (unpaired) electrons.